The first-order valence-corrected chi connectivity index (χ1v) is 4.81. The maximum atomic E-state index is 5.63. The number of rotatable bonds is 2. The summed E-state index contributed by atoms with van der Waals surface area (Å²) in [7, 11) is 0. The first-order chi connectivity index (χ1) is 7.25. The molecular formula is C10H9ClN4. The van der Waals surface area contributed by atoms with Crippen LogP contribution in [-0.4, -0.2) is 15.2 Å². The standard InChI is InChI=1S/C10H9ClN4/c1-7-4-2-3-5-8(7)13-9-6-12-15-10(11)14-9/h2-6H,1H3,(H,13,14,15). The van der Waals surface area contributed by atoms with Crippen LogP contribution in [0.25, 0.3) is 0 Å². The first kappa shape index (κ1) is 9.86. The van der Waals surface area contributed by atoms with E-state index in [1.54, 1.807) is 0 Å². The van der Waals surface area contributed by atoms with Crippen LogP contribution in [0.3, 0.4) is 0 Å². The van der Waals surface area contributed by atoms with Crippen molar-refractivity contribution >= 4 is 23.1 Å². The Hall–Kier alpha value is -1.68. The van der Waals surface area contributed by atoms with E-state index in [0.29, 0.717) is 5.82 Å². The first-order valence-electron chi connectivity index (χ1n) is 4.43. The van der Waals surface area contributed by atoms with Crippen molar-refractivity contribution in [1.82, 2.24) is 15.2 Å². The van der Waals surface area contributed by atoms with E-state index in [1.807, 2.05) is 31.2 Å². The number of hydrogen-bond donors (Lipinski definition) is 1. The highest BCUT2D eigenvalue weighted by Gasteiger charge is 2.00. The Morgan fingerprint density at radius 3 is 2.80 bits per heavy atom. The molecule has 0 radical (unpaired) electrons. The molecular weight excluding hydrogens is 212 g/mol. The molecule has 1 aromatic carbocycles. The molecule has 0 saturated heterocycles. The molecule has 1 heterocycles. The summed E-state index contributed by atoms with van der Waals surface area (Å²) in [6.07, 6.45) is 1.53. The van der Waals surface area contributed by atoms with E-state index in [9.17, 15) is 0 Å². The fourth-order valence-corrected chi connectivity index (χ4v) is 1.33. The summed E-state index contributed by atoms with van der Waals surface area (Å²) in [5.74, 6) is 0.587. The second-order valence-electron chi connectivity index (χ2n) is 3.05. The third-order valence-electron chi connectivity index (χ3n) is 1.94. The Morgan fingerprint density at radius 2 is 2.07 bits per heavy atom. The zero-order valence-electron chi connectivity index (χ0n) is 8.11. The second-order valence-corrected chi connectivity index (χ2v) is 3.39. The van der Waals surface area contributed by atoms with Gasteiger partial charge in [0.05, 0.1) is 6.20 Å². The van der Waals surface area contributed by atoms with Crippen molar-refractivity contribution in [2.45, 2.75) is 6.92 Å². The van der Waals surface area contributed by atoms with Crippen LogP contribution in [-0.2, 0) is 0 Å². The van der Waals surface area contributed by atoms with Gasteiger partial charge in [0, 0.05) is 5.69 Å². The summed E-state index contributed by atoms with van der Waals surface area (Å²) in [6.45, 7) is 2.01. The molecule has 2 rings (SSSR count). The van der Waals surface area contributed by atoms with Crippen molar-refractivity contribution in [2.24, 2.45) is 0 Å². The molecule has 76 valence electrons. The lowest BCUT2D eigenvalue weighted by Gasteiger charge is -2.07. The van der Waals surface area contributed by atoms with Gasteiger partial charge in [-0.2, -0.15) is 10.1 Å². The lowest BCUT2D eigenvalue weighted by molar-refractivity contribution is 0.974. The van der Waals surface area contributed by atoms with Crippen molar-refractivity contribution in [2.75, 3.05) is 5.32 Å². The molecule has 0 aliphatic rings. The Bertz CT molecular complexity index is 472. The van der Waals surface area contributed by atoms with Gasteiger partial charge < -0.3 is 5.32 Å². The molecule has 0 spiro atoms. The van der Waals surface area contributed by atoms with Gasteiger partial charge in [-0.25, -0.2) is 0 Å². The molecule has 0 fully saturated rings. The van der Waals surface area contributed by atoms with E-state index in [2.05, 4.69) is 20.5 Å². The van der Waals surface area contributed by atoms with Crippen LogP contribution >= 0.6 is 11.6 Å². The molecule has 0 saturated carbocycles. The second kappa shape index (κ2) is 4.23. The summed E-state index contributed by atoms with van der Waals surface area (Å²) in [5.41, 5.74) is 2.11. The number of anilines is 2. The lowest BCUT2D eigenvalue weighted by Crippen LogP contribution is -1.97. The molecule has 0 aliphatic carbocycles. The predicted molar refractivity (Wildman–Crippen MR) is 59.3 cm³/mol. The summed E-state index contributed by atoms with van der Waals surface area (Å²) >= 11 is 5.63. The molecule has 5 heteroatoms. The summed E-state index contributed by atoms with van der Waals surface area (Å²) in [6, 6.07) is 7.90. The number of halogens is 1. The Morgan fingerprint density at radius 1 is 1.27 bits per heavy atom. The molecule has 0 bridgehead atoms. The maximum Gasteiger partial charge on any atom is 0.244 e. The summed E-state index contributed by atoms with van der Waals surface area (Å²) in [5, 5.41) is 10.5. The zero-order valence-corrected chi connectivity index (χ0v) is 8.86. The Kier molecular flexibility index (Phi) is 2.78. The van der Waals surface area contributed by atoms with Crippen molar-refractivity contribution in [3.63, 3.8) is 0 Å². The monoisotopic (exact) mass is 220 g/mol. The minimum atomic E-state index is 0.133. The molecule has 1 N–H and O–H groups in total. The van der Waals surface area contributed by atoms with E-state index in [4.69, 9.17) is 11.6 Å². The molecule has 1 aromatic heterocycles. The van der Waals surface area contributed by atoms with Crippen molar-refractivity contribution in [3.05, 3.63) is 41.3 Å². The Labute approximate surface area is 92.3 Å². The highest BCUT2D eigenvalue weighted by molar-refractivity contribution is 6.28. The predicted octanol–water partition coefficient (Wildman–Crippen LogP) is 2.58. The normalized spacial score (nSPS) is 10.0. The van der Waals surface area contributed by atoms with Crippen LogP contribution in [0.2, 0.25) is 5.28 Å². The van der Waals surface area contributed by atoms with Crippen molar-refractivity contribution < 1.29 is 0 Å². The number of aryl methyl sites for hydroxylation is 1. The van der Waals surface area contributed by atoms with Gasteiger partial charge in [-0.3, -0.25) is 0 Å². The molecule has 15 heavy (non-hydrogen) atoms. The quantitative estimate of drug-likeness (QED) is 0.845. The van der Waals surface area contributed by atoms with Crippen molar-refractivity contribution in [1.29, 1.82) is 0 Å². The molecule has 0 unspecified atom stereocenters. The molecule has 4 nitrogen and oxygen atoms in total. The van der Waals surface area contributed by atoms with Gasteiger partial charge in [0.2, 0.25) is 5.28 Å². The third kappa shape index (κ3) is 2.41. The van der Waals surface area contributed by atoms with Gasteiger partial charge in [0.25, 0.3) is 0 Å². The number of para-hydroxylation sites is 1. The largest absolute Gasteiger partial charge is 0.339 e. The SMILES string of the molecule is Cc1ccccc1Nc1cnnc(Cl)n1. The van der Waals surface area contributed by atoms with Crippen LogP contribution in [0.5, 0.6) is 0 Å². The average molecular weight is 221 g/mol. The topological polar surface area (TPSA) is 50.7 Å². The summed E-state index contributed by atoms with van der Waals surface area (Å²) < 4.78 is 0. The van der Waals surface area contributed by atoms with Crippen LogP contribution < -0.4 is 5.32 Å². The van der Waals surface area contributed by atoms with Gasteiger partial charge in [0.15, 0.2) is 5.82 Å². The summed E-state index contributed by atoms with van der Waals surface area (Å²) in [4.78, 5) is 3.99. The minimum absolute atomic E-state index is 0.133. The van der Waals surface area contributed by atoms with E-state index < -0.39 is 0 Å². The van der Waals surface area contributed by atoms with Gasteiger partial charge in [-0.05, 0) is 30.2 Å². The molecule has 0 amide bonds. The molecule has 0 atom stereocenters. The highest BCUT2D eigenvalue weighted by Crippen LogP contribution is 2.18. The van der Waals surface area contributed by atoms with Gasteiger partial charge >= 0.3 is 0 Å². The van der Waals surface area contributed by atoms with E-state index >= 15 is 0 Å². The van der Waals surface area contributed by atoms with Crippen LogP contribution in [0.4, 0.5) is 11.5 Å². The van der Waals surface area contributed by atoms with Crippen LogP contribution in [0.1, 0.15) is 5.56 Å². The van der Waals surface area contributed by atoms with E-state index in [0.717, 1.165) is 11.3 Å². The lowest BCUT2D eigenvalue weighted by atomic mass is 10.2. The highest BCUT2D eigenvalue weighted by atomic mass is 35.5. The number of benzene rings is 1. The van der Waals surface area contributed by atoms with Crippen LogP contribution in [0.15, 0.2) is 30.5 Å². The maximum absolute atomic E-state index is 5.63. The van der Waals surface area contributed by atoms with Gasteiger partial charge in [-0.15, -0.1) is 5.10 Å². The molecule has 0 aliphatic heterocycles. The van der Waals surface area contributed by atoms with Crippen LogP contribution in [0, 0.1) is 6.92 Å². The fraction of sp³-hybridized carbons (Fsp3) is 0.100. The number of aromatic nitrogens is 3. The van der Waals surface area contributed by atoms with E-state index in [-0.39, 0.29) is 5.28 Å². The van der Waals surface area contributed by atoms with Gasteiger partial charge in [-0.1, -0.05) is 18.2 Å². The Balaban J connectivity index is 2.26. The smallest absolute Gasteiger partial charge is 0.244 e. The number of hydrogen-bond acceptors (Lipinski definition) is 4. The molecule has 2 aromatic rings. The number of nitrogens with one attached hydrogen (secondary N) is 1. The average Bonchev–Trinajstić information content (AvgIpc) is 2.22. The van der Waals surface area contributed by atoms with Crippen molar-refractivity contribution in [3.8, 4) is 0 Å². The van der Waals surface area contributed by atoms with E-state index in [1.165, 1.54) is 6.20 Å². The third-order valence-corrected chi connectivity index (χ3v) is 2.10. The number of nitrogens with zero attached hydrogens (tertiary/aromatic N) is 3. The minimum Gasteiger partial charge on any atom is -0.339 e. The van der Waals surface area contributed by atoms with Gasteiger partial charge in [0.1, 0.15) is 0 Å². The fourth-order valence-electron chi connectivity index (χ4n) is 1.19. The zero-order chi connectivity index (χ0) is 10.7.